The summed E-state index contributed by atoms with van der Waals surface area (Å²) >= 11 is 0. The lowest BCUT2D eigenvalue weighted by Crippen LogP contribution is -2.66. The first-order valence-corrected chi connectivity index (χ1v) is 14.1. The van der Waals surface area contributed by atoms with Gasteiger partial charge in [-0.3, -0.25) is 9.59 Å². The third-order valence-corrected chi connectivity index (χ3v) is 12.5. The first kappa shape index (κ1) is 23.6. The van der Waals surface area contributed by atoms with Crippen LogP contribution >= 0.6 is 0 Å². The Labute approximate surface area is 213 Å². The zero-order valence-electron chi connectivity index (χ0n) is 21.9. The maximum atomic E-state index is 14.5. The number of fused-ring (bicyclic) bond motifs is 3. The van der Waals surface area contributed by atoms with Gasteiger partial charge in [0.2, 0.25) is 0 Å². The van der Waals surface area contributed by atoms with E-state index in [2.05, 4.69) is 13.8 Å². The molecule has 6 fully saturated rings. The van der Waals surface area contributed by atoms with Crippen molar-refractivity contribution < 1.29 is 29.6 Å². The molecule has 0 radical (unpaired) electrons. The number of carbonyl (C=O) groups is 2. The zero-order valence-corrected chi connectivity index (χ0v) is 21.9. The summed E-state index contributed by atoms with van der Waals surface area (Å²) in [6, 6.07) is 0. The first-order chi connectivity index (χ1) is 16.9. The van der Waals surface area contributed by atoms with E-state index in [1.54, 1.807) is 6.08 Å². The first-order valence-electron chi connectivity index (χ1n) is 14.1. The molecule has 3 N–H and O–H groups in total. The van der Waals surface area contributed by atoms with Crippen LogP contribution in [-0.4, -0.2) is 51.5 Å². The Morgan fingerprint density at radius 1 is 1.14 bits per heavy atom. The fourth-order valence-corrected chi connectivity index (χ4v) is 10.9. The van der Waals surface area contributed by atoms with Gasteiger partial charge < -0.3 is 20.1 Å². The van der Waals surface area contributed by atoms with E-state index >= 15 is 0 Å². The molecule has 6 nitrogen and oxygen atoms in total. The van der Waals surface area contributed by atoms with Crippen molar-refractivity contribution in [2.45, 2.75) is 84.0 Å². The standard InChI is InChI=1S/C30H40O6/c1-14-10-29-15(2)5-21-22(27(21,3)4)20(24(29)33)9-18(13-31)23(32)30(29,35)25(14)36-26(34)28-11-16-6-17(12-28)8-19(28)7-16/h9-10,15-17,19-23,25,31-32,35H,5-8,11-13H2,1-4H3/t15-,16-,17+,19?,20+,21-,22+,23-,25+,28?,29+,30+/m1/s1. The van der Waals surface area contributed by atoms with Gasteiger partial charge in [0.25, 0.3) is 0 Å². The molecule has 8 aliphatic rings. The van der Waals surface area contributed by atoms with E-state index in [1.807, 2.05) is 19.9 Å². The number of esters is 1. The topological polar surface area (TPSA) is 104 Å². The molecule has 0 aromatic rings. The summed E-state index contributed by atoms with van der Waals surface area (Å²) in [7, 11) is 0. The van der Waals surface area contributed by atoms with Crippen molar-refractivity contribution in [2.24, 2.45) is 57.7 Å². The molecule has 1 spiro atoms. The van der Waals surface area contributed by atoms with Crippen LogP contribution in [0.5, 0.6) is 0 Å². The monoisotopic (exact) mass is 496 g/mol. The quantitative estimate of drug-likeness (QED) is 0.410. The van der Waals surface area contributed by atoms with Gasteiger partial charge in [-0.25, -0.2) is 0 Å². The summed E-state index contributed by atoms with van der Waals surface area (Å²) in [4.78, 5) is 28.4. The third kappa shape index (κ3) is 2.46. The number of aliphatic hydroxyl groups is 3. The van der Waals surface area contributed by atoms with Gasteiger partial charge in [-0.05, 0) is 97.5 Å². The second-order valence-corrected chi connectivity index (χ2v) is 14.4. The Balaban J connectivity index is 1.32. The molecule has 0 aliphatic heterocycles. The van der Waals surface area contributed by atoms with Crippen LogP contribution in [0.4, 0.5) is 0 Å². The molecule has 36 heavy (non-hydrogen) atoms. The summed E-state index contributed by atoms with van der Waals surface area (Å²) in [5, 5.41) is 34.6. The average molecular weight is 497 g/mol. The van der Waals surface area contributed by atoms with Crippen LogP contribution in [0.3, 0.4) is 0 Å². The van der Waals surface area contributed by atoms with Crippen molar-refractivity contribution in [1.82, 2.24) is 0 Å². The van der Waals surface area contributed by atoms with E-state index in [1.165, 1.54) is 6.42 Å². The van der Waals surface area contributed by atoms with E-state index < -0.39 is 41.2 Å². The van der Waals surface area contributed by atoms with Gasteiger partial charge in [-0.2, -0.15) is 0 Å². The van der Waals surface area contributed by atoms with E-state index in [9.17, 15) is 24.9 Å². The minimum Gasteiger partial charge on any atom is -0.454 e. The molecule has 0 aromatic heterocycles. The largest absolute Gasteiger partial charge is 0.454 e. The Hall–Kier alpha value is -1.50. The van der Waals surface area contributed by atoms with Gasteiger partial charge in [0, 0.05) is 5.92 Å². The molecule has 12 atom stereocenters. The van der Waals surface area contributed by atoms with Crippen LogP contribution in [0, 0.1) is 57.7 Å². The van der Waals surface area contributed by atoms with Crippen LogP contribution in [0.25, 0.3) is 0 Å². The fraction of sp³-hybridized carbons (Fsp3) is 0.800. The number of aliphatic hydroxyl groups excluding tert-OH is 2. The molecule has 196 valence electrons. The van der Waals surface area contributed by atoms with Crippen molar-refractivity contribution >= 4 is 11.8 Å². The number of carbonyl (C=O) groups excluding carboxylic acids is 2. The van der Waals surface area contributed by atoms with Crippen LogP contribution in [0.2, 0.25) is 0 Å². The van der Waals surface area contributed by atoms with Gasteiger partial charge in [0.15, 0.2) is 17.5 Å². The molecular formula is C30H40O6. The lowest BCUT2D eigenvalue weighted by molar-refractivity contribution is -0.209. The molecular weight excluding hydrogens is 456 g/mol. The second kappa shape index (κ2) is 6.92. The Morgan fingerprint density at radius 2 is 1.81 bits per heavy atom. The molecule has 6 bridgehead atoms. The highest BCUT2D eigenvalue weighted by Crippen LogP contribution is 2.72. The summed E-state index contributed by atoms with van der Waals surface area (Å²) in [5.74, 6) is 0.844. The van der Waals surface area contributed by atoms with E-state index in [0.717, 1.165) is 32.1 Å². The number of ketones is 1. The number of Topliss-reactive ketones (excluding diaryl/α,β-unsaturated/α-hetero) is 1. The number of rotatable bonds is 3. The normalized spacial score (nSPS) is 55.3. The van der Waals surface area contributed by atoms with Crippen molar-refractivity contribution in [3.63, 3.8) is 0 Å². The lowest BCUT2D eigenvalue weighted by atomic mass is 9.59. The fourth-order valence-electron chi connectivity index (χ4n) is 10.9. The number of hydrogen-bond acceptors (Lipinski definition) is 6. The van der Waals surface area contributed by atoms with Crippen molar-refractivity contribution in [3.05, 3.63) is 23.3 Å². The van der Waals surface area contributed by atoms with Crippen LogP contribution < -0.4 is 0 Å². The predicted octanol–water partition coefficient (Wildman–Crippen LogP) is 3.19. The summed E-state index contributed by atoms with van der Waals surface area (Å²) in [6.07, 6.45) is 6.77. The molecule has 2 unspecified atom stereocenters. The van der Waals surface area contributed by atoms with Crippen LogP contribution in [0.15, 0.2) is 23.3 Å². The molecule has 6 heteroatoms. The summed E-state index contributed by atoms with van der Waals surface area (Å²) < 4.78 is 6.30. The van der Waals surface area contributed by atoms with Crippen LogP contribution in [-0.2, 0) is 14.3 Å². The summed E-state index contributed by atoms with van der Waals surface area (Å²) in [6.45, 7) is 7.73. The highest BCUT2D eigenvalue weighted by molar-refractivity contribution is 5.95. The molecule has 6 saturated carbocycles. The minimum absolute atomic E-state index is 0.0101. The maximum Gasteiger partial charge on any atom is 0.313 e. The lowest BCUT2D eigenvalue weighted by Gasteiger charge is -2.49. The second-order valence-electron chi connectivity index (χ2n) is 14.4. The molecule has 8 aliphatic carbocycles. The Morgan fingerprint density at radius 3 is 2.44 bits per heavy atom. The molecule has 0 amide bonds. The maximum absolute atomic E-state index is 14.5. The zero-order chi connectivity index (χ0) is 25.6. The van der Waals surface area contributed by atoms with Crippen LogP contribution in [0.1, 0.15) is 66.2 Å². The molecule has 0 heterocycles. The van der Waals surface area contributed by atoms with Crippen molar-refractivity contribution in [3.8, 4) is 0 Å². The number of ether oxygens (including phenoxy) is 1. The van der Waals surface area contributed by atoms with Gasteiger partial charge in [0.05, 0.1) is 17.4 Å². The number of hydrogen-bond donors (Lipinski definition) is 3. The van der Waals surface area contributed by atoms with Crippen molar-refractivity contribution in [2.75, 3.05) is 6.61 Å². The Kier molecular flexibility index (Phi) is 4.54. The predicted molar refractivity (Wildman–Crippen MR) is 131 cm³/mol. The van der Waals surface area contributed by atoms with Gasteiger partial charge in [-0.1, -0.05) is 32.9 Å². The molecule has 0 aromatic carbocycles. The van der Waals surface area contributed by atoms with E-state index in [0.29, 0.717) is 29.2 Å². The third-order valence-electron chi connectivity index (χ3n) is 12.5. The SMILES string of the molecule is CC1=C[C@]23C(=O)[C@@H](C=C(CO)[C@@H](O)[C@]2(O)[C@H]1OC(=O)C12C[C@@H]4CC1C[C@@H](C4)C2)[C@H]1[C@@H](C[C@H]3C)C1(C)C. The smallest absolute Gasteiger partial charge is 0.313 e. The molecule has 8 rings (SSSR count). The average Bonchev–Trinajstić information content (AvgIpc) is 3.02. The molecule has 0 saturated heterocycles. The highest BCUT2D eigenvalue weighted by Gasteiger charge is 2.77. The van der Waals surface area contributed by atoms with Gasteiger partial charge >= 0.3 is 5.97 Å². The Bertz CT molecular complexity index is 1100. The van der Waals surface area contributed by atoms with E-state index in [4.69, 9.17) is 4.74 Å². The van der Waals surface area contributed by atoms with Gasteiger partial charge in [-0.15, -0.1) is 0 Å². The van der Waals surface area contributed by atoms with E-state index in [-0.39, 0.29) is 34.6 Å². The van der Waals surface area contributed by atoms with Gasteiger partial charge in [0.1, 0.15) is 6.10 Å². The minimum atomic E-state index is -2.04. The summed E-state index contributed by atoms with van der Waals surface area (Å²) in [5.41, 5.74) is -3.01. The van der Waals surface area contributed by atoms with Crippen molar-refractivity contribution in [1.29, 1.82) is 0 Å². The highest BCUT2D eigenvalue weighted by atomic mass is 16.6. The number of allylic oxidation sites excluding steroid dienone is 1.